The molecule has 21 heavy (non-hydrogen) atoms. The molecule has 2 aliphatic rings. The first-order chi connectivity index (χ1) is 10.2. The van der Waals surface area contributed by atoms with Crippen molar-refractivity contribution in [3.05, 3.63) is 34.1 Å². The van der Waals surface area contributed by atoms with Crippen molar-refractivity contribution in [2.75, 3.05) is 13.2 Å². The quantitative estimate of drug-likeness (QED) is 0.852. The second kappa shape index (κ2) is 6.35. The summed E-state index contributed by atoms with van der Waals surface area (Å²) in [6.07, 6.45) is 5.65. The topological polar surface area (TPSA) is 21.3 Å². The van der Waals surface area contributed by atoms with Gasteiger partial charge in [0.15, 0.2) is 0 Å². The highest BCUT2D eigenvalue weighted by atomic mass is 79.9. The highest BCUT2D eigenvalue weighted by Crippen LogP contribution is 2.48. The van der Waals surface area contributed by atoms with Gasteiger partial charge in [-0.25, -0.2) is 4.39 Å². The van der Waals surface area contributed by atoms with Crippen LogP contribution in [0.25, 0.3) is 0 Å². The minimum absolute atomic E-state index is 0.0620. The summed E-state index contributed by atoms with van der Waals surface area (Å²) in [4.78, 5) is 0. The molecule has 1 heterocycles. The molecule has 2 unspecified atom stereocenters. The standard InChI is InChI=1S/C17H23BrFNO/c1-2-20-16(15-13(18)5-3-6-14(15)19)12-7-10-21-17(11-12)8-4-9-17/h3,5-6,12,16,20H,2,4,7-11H2,1H3. The molecule has 2 nitrogen and oxygen atoms in total. The summed E-state index contributed by atoms with van der Waals surface area (Å²) in [6, 6.07) is 5.31. The van der Waals surface area contributed by atoms with Crippen LogP contribution in [0, 0.1) is 11.7 Å². The average Bonchev–Trinajstić information content (AvgIpc) is 2.44. The SMILES string of the molecule is CCNC(c1c(F)cccc1Br)C1CCOC2(CCC2)C1. The molecule has 4 heteroatoms. The lowest BCUT2D eigenvalue weighted by Crippen LogP contribution is -2.48. The molecule has 0 radical (unpaired) electrons. The lowest BCUT2D eigenvalue weighted by Gasteiger charge is -2.49. The molecule has 1 saturated carbocycles. The van der Waals surface area contributed by atoms with Crippen LogP contribution in [0.2, 0.25) is 0 Å². The molecule has 2 atom stereocenters. The summed E-state index contributed by atoms with van der Waals surface area (Å²) in [5, 5.41) is 3.51. The Kier molecular flexibility index (Phi) is 4.67. The molecule has 1 aromatic rings. The second-order valence-electron chi connectivity index (χ2n) is 6.31. The fourth-order valence-electron chi connectivity index (χ4n) is 3.80. The van der Waals surface area contributed by atoms with E-state index in [9.17, 15) is 4.39 Å². The zero-order chi connectivity index (χ0) is 14.9. The molecular formula is C17H23BrFNO. The van der Waals surface area contributed by atoms with Gasteiger partial charge in [-0.2, -0.15) is 0 Å². The maximum absolute atomic E-state index is 14.4. The van der Waals surface area contributed by atoms with Crippen molar-refractivity contribution < 1.29 is 9.13 Å². The van der Waals surface area contributed by atoms with Gasteiger partial charge in [0.05, 0.1) is 5.60 Å². The molecule has 0 bridgehead atoms. The maximum atomic E-state index is 14.4. The van der Waals surface area contributed by atoms with Crippen LogP contribution in [0.15, 0.2) is 22.7 Å². The largest absolute Gasteiger partial charge is 0.375 e. The van der Waals surface area contributed by atoms with Crippen LogP contribution in [0.3, 0.4) is 0 Å². The van der Waals surface area contributed by atoms with Crippen LogP contribution in [0.5, 0.6) is 0 Å². The molecule has 1 aromatic carbocycles. The van der Waals surface area contributed by atoms with E-state index in [1.807, 2.05) is 6.07 Å². The van der Waals surface area contributed by atoms with Gasteiger partial charge in [0.2, 0.25) is 0 Å². The van der Waals surface area contributed by atoms with Gasteiger partial charge in [0.1, 0.15) is 5.82 Å². The van der Waals surface area contributed by atoms with Gasteiger partial charge in [0.25, 0.3) is 0 Å². The Morgan fingerprint density at radius 3 is 2.90 bits per heavy atom. The first kappa shape index (κ1) is 15.4. The Morgan fingerprint density at radius 1 is 1.48 bits per heavy atom. The second-order valence-corrected chi connectivity index (χ2v) is 7.16. The van der Waals surface area contributed by atoms with Gasteiger partial charge in [0, 0.05) is 22.7 Å². The Bertz CT molecular complexity index is 483. The van der Waals surface area contributed by atoms with E-state index >= 15 is 0 Å². The molecule has 116 valence electrons. The molecule has 1 spiro atoms. The lowest BCUT2D eigenvalue weighted by atomic mass is 9.69. The van der Waals surface area contributed by atoms with E-state index in [2.05, 4.69) is 28.2 Å². The molecule has 0 aromatic heterocycles. The van der Waals surface area contributed by atoms with Crippen LogP contribution in [0.4, 0.5) is 4.39 Å². The molecule has 1 aliphatic heterocycles. The fourth-order valence-corrected chi connectivity index (χ4v) is 4.39. The third-order valence-corrected chi connectivity index (χ3v) is 5.69. The first-order valence-electron chi connectivity index (χ1n) is 7.96. The van der Waals surface area contributed by atoms with Crippen LogP contribution in [-0.2, 0) is 4.74 Å². The zero-order valence-corrected chi connectivity index (χ0v) is 14.1. The smallest absolute Gasteiger partial charge is 0.129 e. The summed E-state index contributed by atoms with van der Waals surface area (Å²) in [7, 11) is 0. The number of halogens is 2. The normalized spacial score (nSPS) is 25.6. The van der Waals surface area contributed by atoms with Crippen molar-refractivity contribution in [1.29, 1.82) is 0 Å². The van der Waals surface area contributed by atoms with Crippen molar-refractivity contribution in [2.45, 2.75) is 50.7 Å². The van der Waals surface area contributed by atoms with Gasteiger partial charge in [-0.15, -0.1) is 0 Å². The molecule has 3 rings (SSSR count). The predicted octanol–water partition coefficient (Wildman–Crippen LogP) is 4.59. The minimum Gasteiger partial charge on any atom is -0.375 e. The van der Waals surface area contributed by atoms with Crippen molar-refractivity contribution in [3.63, 3.8) is 0 Å². The predicted molar refractivity (Wildman–Crippen MR) is 85.8 cm³/mol. The summed E-state index contributed by atoms with van der Waals surface area (Å²) in [5.74, 6) is 0.316. The van der Waals surface area contributed by atoms with Gasteiger partial charge in [-0.05, 0) is 56.7 Å². The van der Waals surface area contributed by atoms with Gasteiger partial charge in [-0.1, -0.05) is 28.9 Å². The highest BCUT2D eigenvalue weighted by molar-refractivity contribution is 9.10. The minimum atomic E-state index is -0.121. The van der Waals surface area contributed by atoms with Gasteiger partial charge >= 0.3 is 0 Å². The third kappa shape index (κ3) is 3.03. The Morgan fingerprint density at radius 2 is 2.29 bits per heavy atom. The number of rotatable bonds is 4. The first-order valence-corrected chi connectivity index (χ1v) is 8.76. The summed E-state index contributed by atoms with van der Waals surface area (Å²) in [6.45, 7) is 3.73. The van der Waals surface area contributed by atoms with E-state index in [4.69, 9.17) is 4.74 Å². The molecular weight excluding hydrogens is 333 g/mol. The highest BCUT2D eigenvalue weighted by Gasteiger charge is 2.44. The Balaban J connectivity index is 1.87. The summed E-state index contributed by atoms with van der Waals surface area (Å²) in [5.41, 5.74) is 0.870. The number of ether oxygens (including phenoxy) is 1. The van der Waals surface area contributed by atoms with Crippen molar-refractivity contribution >= 4 is 15.9 Å². The van der Waals surface area contributed by atoms with Crippen LogP contribution in [-0.4, -0.2) is 18.8 Å². The van der Waals surface area contributed by atoms with E-state index < -0.39 is 0 Å². The van der Waals surface area contributed by atoms with E-state index in [-0.39, 0.29) is 17.5 Å². The lowest BCUT2D eigenvalue weighted by molar-refractivity contribution is -0.147. The van der Waals surface area contributed by atoms with E-state index in [0.717, 1.165) is 36.0 Å². The number of nitrogens with one attached hydrogen (secondary N) is 1. The monoisotopic (exact) mass is 355 g/mol. The van der Waals surface area contributed by atoms with Crippen LogP contribution < -0.4 is 5.32 Å². The van der Waals surface area contributed by atoms with E-state index in [1.165, 1.54) is 19.3 Å². The van der Waals surface area contributed by atoms with Crippen LogP contribution >= 0.6 is 15.9 Å². The van der Waals surface area contributed by atoms with E-state index in [0.29, 0.717) is 5.92 Å². The molecule has 0 amide bonds. The Hall–Kier alpha value is -0.450. The third-order valence-electron chi connectivity index (χ3n) is 5.00. The Labute approximate surface area is 134 Å². The molecule has 1 aliphatic carbocycles. The van der Waals surface area contributed by atoms with Crippen molar-refractivity contribution in [3.8, 4) is 0 Å². The summed E-state index contributed by atoms with van der Waals surface area (Å²) < 4.78 is 21.3. The van der Waals surface area contributed by atoms with Crippen molar-refractivity contribution in [1.82, 2.24) is 5.32 Å². The number of benzene rings is 1. The van der Waals surface area contributed by atoms with Crippen LogP contribution in [0.1, 0.15) is 50.6 Å². The number of hydrogen-bond donors (Lipinski definition) is 1. The van der Waals surface area contributed by atoms with Gasteiger partial charge in [-0.3, -0.25) is 0 Å². The van der Waals surface area contributed by atoms with Gasteiger partial charge < -0.3 is 10.1 Å². The molecule has 2 fully saturated rings. The average molecular weight is 356 g/mol. The molecule has 1 saturated heterocycles. The maximum Gasteiger partial charge on any atom is 0.129 e. The number of hydrogen-bond acceptors (Lipinski definition) is 2. The van der Waals surface area contributed by atoms with E-state index in [1.54, 1.807) is 12.1 Å². The zero-order valence-electron chi connectivity index (χ0n) is 12.5. The fraction of sp³-hybridized carbons (Fsp3) is 0.647. The molecule has 1 N–H and O–H groups in total. The summed E-state index contributed by atoms with van der Waals surface area (Å²) >= 11 is 3.53. The van der Waals surface area contributed by atoms with Crippen molar-refractivity contribution in [2.24, 2.45) is 5.92 Å².